The molecule has 0 bridgehead atoms. The van der Waals surface area contributed by atoms with Gasteiger partial charge in [0.1, 0.15) is 0 Å². The van der Waals surface area contributed by atoms with Crippen molar-refractivity contribution in [2.24, 2.45) is 4.99 Å². The van der Waals surface area contributed by atoms with Crippen LogP contribution in [0.25, 0.3) is 0 Å². The molecule has 3 atom stereocenters. The molecular weight excluding hydrogens is 550 g/mol. The number of halogens is 1. The van der Waals surface area contributed by atoms with Gasteiger partial charge in [-0.3, -0.25) is 4.90 Å². The molecule has 1 saturated heterocycles. The Bertz CT molecular complexity index is 1110. The van der Waals surface area contributed by atoms with Crippen LogP contribution in [-0.2, 0) is 11.3 Å². The number of ether oxygens (including phenoxy) is 1. The van der Waals surface area contributed by atoms with Crippen molar-refractivity contribution in [1.82, 2.24) is 14.9 Å². The summed E-state index contributed by atoms with van der Waals surface area (Å²) in [5.74, 6) is 1.85. The van der Waals surface area contributed by atoms with Gasteiger partial charge in [-0.2, -0.15) is 4.98 Å². The van der Waals surface area contributed by atoms with Crippen molar-refractivity contribution in [3.8, 4) is 0 Å². The minimum Gasteiger partial charge on any atom is -0.393 e. The van der Waals surface area contributed by atoms with E-state index in [1.54, 1.807) is 11.8 Å². The molecular formula is C28H38BrN5O2S. The fourth-order valence-electron chi connectivity index (χ4n) is 5.61. The third-order valence-corrected chi connectivity index (χ3v) is 9.04. The van der Waals surface area contributed by atoms with Crippen molar-refractivity contribution in [3.63, 3.8) is 0 Å². The Kier molecular flexibility index (Phi) is 8.86. The zero-order valence-electron chi connectivity index (χ0n) is 22.0. The molecule has 0 amide bonds. The molecule has 200 valence electrons. The number of anilines is 1. The average Bonchev–Trinajstić information content (AvgIpc) is 2.97. The minimum atomic E-state index is -0.185. The van der Waals surface area contributed by atoms with Gasteiger partial charge in [0.25, 0.3) is 0 Å². The van der Waals surface area contributed by atoms with Crippen molar-refractivity contribution in [1.29, 1.82) is 0 Å². The van der Waals surface area contributed by atoms with E-state index in [2.05, 4.69) is 65.1 Å². The molecule has 1 aromatic heterocycles. The van der Waals surface area contributed by atoms with Gasteiger partial charge >= 0.3 is 0 Å². The van der Waals surface area contributed by atoms with Crippen LogP contribution in [0.5, 0.6) is 0 Å². The first kappa shape index (κ1) is 27.1. The second kappa shape index (κ2) is 12.1. The first-order valence-electron chi connectivity index (χ1n) is 13.6. The topological polar surface area (TPSA) is 82.9 Å². The van der Waals surface area contributed by atoms with E-state index in [1.807, 2.05) is 6.07 Å². The van der Waals surface area contributed by atoms with Crippen molar-refractivity contribution in [2.75, 3.05) is 18.4 Å². The third-order valence-electron chi connectivity index (χ3n) is 7.44. The molecule has 2 N–H and O–H groups in total. The number of hydrogen-bond donors (Lipinski definition) is 2. The number of nitrogens with zero attached hydrogens (tertiary/aromatic N) is 4. The number of hydrogen-bond acceptors (Lipinski definition) is 8. The highest BCUT2D eigenvalue weighted by atomic mass is 79.9. The smallest absolute Gasteiger partial charge is 0.225 e. The van der Waals surface area contributed by atoms with E-state index in [1.165, 1.54) is 10.5 Å². The summed E-state index contributed by atoms with van der Waals surface area (Å²) in [6.07, 6.45) is 5.72. The zero-order chi connectivity index (χ0) is 25.9. The van der Waals surface area contributed by atoms with Crippen LogP contribution in [-0.4, -0.2) is 62.5 Å². The molecule has 3 aliphatic rings. The maximum atomic E-state index is 9.92. The van der Waals surface area contributed by atoms with Gasteiger partial charge < -0.3 is 15.2 Å². The number of morpholine rings is 1. The van der Waals surface area contributed by atoms with E-state index in [4.69, 9.17) is 19.7 Å². The van der Waals surface area contributed by atoms with E-state index in [-0.39, 0.29) is 24.4 Å². The molecule has 5 rings (SSSR count). The van der Waals surface area contributed by atoms with Gasteiger partial charge in [0.05, 0.1) is 29.0 Å². The van der Waals surface area contributed by atoms with Crippen molar-refractivity contribution >= 4 is 44.5 Å². The fraction of sp³-hybridized carbons (Fsp3) is 0.607. The molecule has 1 saturated carbocycles. The number of aliphatic imine (C=N–C) groups is 1. The van der Waals surface area contributed by atoms with E-state index in [9.17, 15) is 5.11 Å². The quantitative estimate of drug-likeness (QED) is 0.425. The standard InChI is InChI=1S/C28H38BrN5O2S/c1-17-4-11-27(37-25-12-20(29)5-10-24(17)25)32-26-13-22(16-34-14-18(2)36-19(3)15-34)31-28(33-26)30-21-6-8-23(35)9-7-21/h5,10,12-13,17-19,21,23,35H,4,6-9,11,14-16H2,1-3H3,(H,30,31,33). The zero-order valence-corrected chi connectivity index (χ0v) is 24.4. The summed E-state index contributed by atoms with van der Waals surface area (Å²) in [7, 11) is 0. The first-order valence-corrected chi connectivity index (χ1v) is 15.2. The molecule has 2 aromatic rings. The van der Waals surface area contributed by atoms with E-state index < -0.39 is 0 Å². The van der Waals surface area contributed by atoms with Gasteiger partial charge in [0, 0.05) is 41.1 Å². The summed E-state index contributed by atoms with van der Waals surface area (Å²) < 4.78 is 7.03. The van der Waals surface area contributed by atoms with Crippen LogP contribution in [0.2, 0.25) is 0 Å². The number of aliphatic hydroxyl groups excluding tert-OH is 1. The SMILES string of the molecule is CC1CN(Cc2cc(N=C3CCC(C)c4ccc(Br)cc4S3)nc(NC3CCC(O)CC3)n2)CC(C)O1. The second-order valence-electron chi connectivity index (χ2n) is 10.9. The summed E-state index contributed by atoms with van der Waals surface area (Å²) in [4.78, 5) is 18.5. The highest BCUT2D eigenvalue weighted by Crippen LogP contribution is 2.39. The molecule has 2 fully saturated rings. The summed E-state index contributed by atoms with van der Waals surface area (Å²) >= 11 is 5.40. The van der Waals surface area contributed by atoms with Gasteiger partial charge in [0.2, 0.25) is 5.95 Å². The van der Waals surface area contributed by atoms with Crippen LogP contribution in [0.15, 0.2) is 38.6 Å². The molecule has 1 aromatic carbocycles. The number of nitrogens with one attached hydrogen (secondary N) is 1. The molecule has 0 spiro atoms. The number of benzene rings is 1. The molecule has 3 heterocycles. The number of aromatic nitrogens is 2. The van der Waals surface area contributed by atoms with Crippen LogP contribution in [0.3, 0.4) is 0 Å². The Labute approximate surface area is 233 Å². The van der Waals surface area contributed by atoms with Crippen LogP contribution in [0, 0.1) is 0 Å². The predicted molar refractivity (Wildman–Crippen MR) is 154 cm³/mol. The van der Waals surface area contributed by atoms with E-state index >= 15 is 0 Å². The van der Waals surface area contributed by atoms with Gasteiger partial charge in [-0.05, 0) is 76.0 Å². The van der Waals surface area contributed by atoms with Crippen molar-refractivity contribution in [3.05, 3.63) is 40.0 Å². The van der Waals surface area contributed by atoms with Crippen LogP contribution < -0.4 is 5.32 Å². The molecule has 9 heteroatoms. The first-order chi connectivity index (χ1) is 17.8. The van der Waals surface area contributed by atoms with Crippen LogP contribution >= 0.6 is 27.7 Å². The normalized spacial score (nSPS) is 30.1. The predicted octanol–water partition coefficient (Wildman–Crippen LogP) is 6.28. The molecule has 1 aliphatic carbocycles. The van der Waals surface area contributed by atoms with Gasteiger partial charge in [-0.15, -0.1) is 0 Å². The second-order valence-corrected chi connectivity index (χ2v) is 12.9. The highest BCUT2D eigenvalue weighted by molar-refractivity contribution is 9.10. The maximum Gasteiger partial charge on any atom is 0.225 e. The third kappa shape index (κ3) is 7.32. The number of aliphatic hydroxyl groups is 1. The number of thioether (sulfide) groups is 1. The molecule has 2 aliphatic heterocycles. The summed E-state index contributed by atoms with van der Waals surface area (Å²) in [5, 5.41) is 14.6. The van der Waals surface area contributed by atoms with Crippen LogP contribution in [0.4, 0.5) is 11.8 Å². The Morgan fingerprint density at radius 2 is 1.84 bits per heavy atom. The summed E-state index contributed by atoms with van der Waals surface area (Å²) in [6, 6.07) is 8.89. The lowest BCUT2D eigenvalue weighted by Gasteiger charge is -2.35. The largest absolute Gasteiger partial charge is 0.393 e. The van der Waals surface area contributed by atoms with Crippen LogP contribution in [0.1, 0.15) is 76.5 Å². The van der Waals surface area contributed by atoms with Gasteiger partial charge in [-0.1, -0.05) is 40.7 Å². The maximum absolute atomic E-state index is 9.92. The molecule has 37 heavy (non-hydrogen) atoms. The lowest BCUT2D eigenvalue weighted by Crippen LogP contribution is -2.45. The van der Waals surface area contributed by atoms with Gasteiger partial charge in [0.15, 0.2) is 5.82 Å². The number of rotatable bonds is 5. The Balaban J connectivity index is 1.41. The summed E-state index contributed by atoms with van der Waals surface area (Å²) in [5.41, 5.74) is 2.36. The minimum absolute atomic E-state index is 0.185. The summed E-state index contributed by atoms with van der Waals surface area (Å²) in [6.45, 7) is 9.08. The number of fused-ring (bicyclic) bond motifs is 1. The Hall–Kier alpha value is -1.52. The lowest BCUT2D eigenvalue weighted by atomic mass is 9.93. The van der Waals surface area contributed by atoms with Crippen molar-refractivity contribution in [2.45, 2.75) is 101 Å². The Morgan fingerprint density at radius 1 is 1.08 bits per heavy atom. The molecule has 3 unspecified atom stereocenters. The average molecular weight is 589 g/mol. The molecule has 7 nitrogen and oxygen atoms in total. The lowest BCUT2D eigenvalue weighted by molar-refractivity contribution is -0.0707. The van der Waals surface area contributed by atoms with E-state index in [0.29, 0.717) is 17.7 Å². The fourth-order valence-corrected chi connectivity index (χ4v) is 7.31. The van der Waals surface area contributed by atoms with E-state index in [0.717, 1.165) is 73.4 Å². The highest BCUT2D eigenvalue weighted by Gasteiger charge is 2.25. The molecule has 0 radical (unpaired) electrons. The van der Waals surface area contributed by atoms with Gasteiger partial charge in [-0.25, -0.2) is 9.98 Å². The van der Waals surface area contributed by atoms with Crippen molar-refractivity contribution < 1.29 is 9.84 Å². The Morgan fingerprint density at radius 3 is 2.59 bits per heavy atom. The monoisotopic (exact) mass is 587 g/mol.